The van der Waals surface area contributed by atoms with Crippen molar-refractivity contribution in [3.8, 4) is 22.3 Å². The Morgan fingerprint density at radius 1 is 0.846 bits per heavy atom. The molecule has 0 bridgehead atoms. The highest BCUT2D eigenvalue weighted by Gasteiger charge is 2.29. The number of ether oxygens (including phenoxy) is 1. The summed E-state index contributed by atoms with van der Waals surface area (Å²) in [6, 6.07) is 31.1. The van der Waals surface area contributed by atoms with Gasteiger partial charge in [-0.05, 0) is 39.4 Å². The third-order valence-corrected chi connectivity index (χ3v) is 7.54. The molecule has 0 unspecified atom stereocenters. The minimum atomic E-state index is -1.11. The Morgan fingerprint density at radius 3 is 2.13 bits per heavy atom. The Kier molecular flexibility index (Phi) is 6.37. The number of amides is 1. The van der Waals surface area contributed by atoms with Crippen molar-refractivity contribution in [3.05, 3.63) is 120 Å². The molecule has 0 fully saturated rings. The number of benzene rings is 4. The molecule has 2 N–H and O–H groups in total. The Balaban J connectivity index is 1.12. The number of aryl methyl sites for hydroxylation is 1. The lowest BCUT2D eigenvalue weighted by atomic mass is 9.98. The first kappa shape index (κ1) is 24.5. The average molecular weight is 517 g/mol. The van der Waals surface area contributed by atoms with Gasteiger partial charge in [-0.2, -0.15) is 0 Å². The number of carboxylic acids is 1. The Hall–Kier alpha value is -4.84. The number of aliphatic carboxylic acids is 1. The van der Waals surface area contributed by atoms with Crippen LogP contribution >= 0.6 is 0 Å². The summed E-state index contributed by atoms with van der Waals surface area (Å²) in [7, 11) is 2.02. The minimum Gasteiger partial charge on any atom is -0.480 e. The second kappa shape index (κ2) is 10.1. The van der Waals surface area contributed by atoms with Crippen LogP contribution in [0, 0.1) is 0 Å². The summed E-state index contributed by atoms with van der Waals surface area (Å²) >= 11 is 0. The molecule has 1 aliphatic rings. The zero-order valence-corrected chi connectivity index (χ0v) is 21.5. The molecule has 0 aliphatic heterocycles. The number of aromatic nitrogens is 1. The van der Waals surface area contributed by atoms with Gasteiger partial charge in [0.25, 0.3) is 0 Å². The lowest BCUT2D eigenvalue weighted by molar-refractivity contribution is -0.139. The molecule has 0 spiro atoms. The predicted molar refractivity (Wildman–Crippen MR) is 152 cm³/mol. The molecule has 6 heteroatoms. The fourth-order valence-electron chi connectivity index (χ4n) is 5.61. The summed E-state index contributed by atoms with van der Waals surface area (Å²) < 4.78 is 7.66. The zero-order chi connectivity index (χ0) is 26.9. The standard InChI is InChI=1S/C33H28N2O4/c1-35-19-28(27-12-6-7-13-31(27)35)22-16-14-21(15-17-22)18-30(32(36)37)34-33(38)39-20-29-25-10-4-2-8-23(25)24-9-3-5-11-26(24)29/h2-17,19,29-30H,18,20H2,1H3,(H,34,38)(H,36,37)/t30-/m0/s1. The van der Waals surface area contributed by atoms with Gasteiger partial charge >= 0.3 is 12.1 Å². The van der Waals surface area contributed by atoms with Crippen LogP contribution in [-0.2, 0) is 23.0 Å². The van der Waals surface area contributed by atoms with Gasteiger partial charge in [0.05, 0.1) is 0 Å². The van der Waals surface area contributed by atoms with E-state index in [-0.39, 0.29) is 18.9 Å². The van der Waals surface area contributed by atoms with E-state index in [0.29, 0.717) is 0 Å². The molecule has 1 heterocycles. The van der Waals surface area contributed by atoms with Crippen LogP contribution in [0.3, 0.4) is 0 Å². The molecular weight excluding hydrogens is 488 g/mol. The Labute approximate surface area is 226 Å². The highest BCUT2D eigenvalue weighted by atomic mass is 16.5. The van der Waals surface area contributed by atoms with Gasteiger partial charge in [-0.25, -0.2) is 9.59 Å². The lowest BCUT2D eigenvalue weighted by Crippen LogP contribution is -2.42. The van der Waals surface area contributed by atoms with Crippen LogP contribution in [0.1, 0.15) is 22.6 Å². The fraction of sp³-hybridized carbons (Fsp3) is 0.152. The number of hydrogen-bond acceptors (Lipinski definition) is 3. The first-order valence-corrected chi connectivity index (χ1v) is 13.0. The first-order valence-electron chi connectivity index (χ1n) is 13.0. The number of fused-ring (bicyclic) bond motifs is 4. The van der Waals surface area contributed by atoms with Crippen molar-refractivity contribution in [1.29, 1.82) is 0 Å². The quantitative estimate of drug-likeness (QED) is 0.263. The molecular formula is C33H28N2O4. The van der Waals surface area contributed by atoms with Crippen molar-refractivity contribution >= 4 is 23.0 Å². The van der Waals surface area contributed by atoms with Gasteiger partial charge in [-0.1, -0.05) is 91.0 Å². The van der Waals surface area contributed by atoms with Gasteiger partial charge in [0.2, 0.25) is 0 Å². The summed E-state index contributed by atoms with van der Waals surface area (Å²) in [5.41, 5.74) is 8.60. The normalized spacial score (nSPS) is 13.1. The fourth-order valence-corrected chi connectivity index (χ4v) is 5.61. The van der Waals surface area contributed by atoms with Crippen LogP contribution in [0.5, 0.6) is 0 Å². The van der Waals surface area contributed by atoms with Gasteiger partial charge in [0.1, 0.15) is 12.6 Å². The maximum Gasteiger partial charge on any atom is 0.407 e. The molecule has 6 rings (SSSR count). The number of carbonyl (C=O) groups excluding carboxylic acids is 1. The largest absolute Gasteiger partial charge is 0.480 e. The average Bonchev–Trinajstić information content (AvgIpc) is 3.47. The number of hydrogen-bond donors (Lipinski definition) is 2. The highest BCUT2D eigenvalue weighted by molar-refractivity contribution is 5.96. The molecule has 6 nitrogen and oxygen atoms in total. The smallest absolute Gasteiger partial charge is 0.407 e. The van der Waals surface area contributed by atoms with Crippen LogP contribution < -0.4 is 5.32 Å². The number of nitrogens with one attached hydrogen (secondary N) is 1. The van der Waals surface area contributed by atoms with E-state index in [2.05, 4.69) is 40.3 Å². The molecule has 0 saturated heterocycles. The number of para-hydroxylation sites is 1. The van der Waals surface area contributed by atoms with E-state index in [0.717, 1.165) is 49.8 Å². The molecule has 0 saturated carbocycles. The number of carbonyl (C=O) groups is 2. The topological polar surface area (TPSA) is 80.6 Å². The van der Waals surface area contributed by atoms with Gasteiger partial charge in [0, 0.05) is 42.0 Å². The van der Waals surface area contributed by atoms with Crippen molar-refractivity contribution < 1.29 is 19.4 Å². The summed E-state index contributed by atoms with van der Waals surface area (Å²) in [5.74, 6) is -1.20. The first-order chi connectivity index (χ1) is 19.0. The molecule has 1 amide bonds. The monoisotopic (exact) mass is 516 g/mol. The molecule has 39 heavy (non-hydrogen) atoms. The van der Waals surface area contributed by atoms with Crippen LogP contribution in [-0.4, -0.2) is 34.4 Å². The maximum absolute atomic E-state index is 12.7. The van der Waals surface area contributed by atoms with E-state index in [1.54, 1.807) is 0 Å². The number of nitrogens with zero attached hydrogens (tertiary/aromatic N) is 1. The van der Waals surface area contributed by atoms with Crippen molar-refractivity contribution in [2.45, 2.75) is 18.4 Å². The SMILES string of the molecule is Cn1cc(-c2ccc(C[C@H](NC(=O)OCC3c4ccccc4-c4ccccc43)C(=O)O)cc2)c2ccccc21. The summed E-state index contributed by atoms with van der Waals surface area (Å²) in [6.45, 7) is 0.131. The van der Waals surface area contributed by atoms with Gasteiger partial charge < -0.3 is 19.7 Å². The van der Waals surface area contributed by atoms with E-state index in [9.17, 15) is 14.7 Å². The van der Waals surface area contributed by atoms with E-state index < -0.39 is 18.1 Å². The van der Waals surface area contributed by atoms with Crippen molar-refractivity contribution in [2.75, 3.05) is 6.61 Å². The highest BCUT2D eigenvalue weighted by Crippen LogP contribution is 2.44. The van der Waals surface area contributed by atoms with Crippen molar-refractivity contribution in [1.82, 2.24) is 9.88 Å². The molecule has 194 valence electrons. The third-order valence-electron chi connectivity index (χ3n) is 7.54. The number of alkyl carbamates (subject to hydrolysis) is 1. The minimum absolute atomic E-state index is 0.0898. The number of carboxylic acid groups (broad SMARTS) is 1. The Morgan fingerprint density at radius 2 is 1.46 bits per heavy atom. The molecule has 1 atom stereocenters. The lowest BCUT2D eigenvalue weighted by Gasteiger charge is -2.17. The molecule has 4 aromatic carbocycles. The summed E-state index contributed by atoms with van der Waals surface area (Å²) in [6.07, 6.45) is 1.50. The van der Waals surface area contributed by atoms with E-state index in [4.69, 9.17) is 4.74 Å². The second-order valence-corrected chi connectivity index (χ2v) is 9.93. The summed E-state index contributed by atoms with van der Waals surface area (Å²) in [4.78, 5) is 24.7. The van der Waals surface area contributed by atoms with Crippen LogP contribution in [0.15, 0.2) is 103 Å². The van der Waals surface area contributed by atoms with E-state index in [1.165, 1.54) is 0 Å². The molecule has 5 aromatic rings. The third kappa shape index (κ3) is 4.66. The van der Waals surface area contributed by atoms with Gasteiger partial charge in [0.15, 0.2) is 0 Å². The number of rotatable bonds is 7. The van der Waals surface area contributed by atoms with Gasteiger partial charge in [-0.15, -0.1) is 0 Å². The van der Waals surface area contributed by atoms with Crippen LogP contribution in [0.2, 0.25) is 0 Å². The van der Waals surface area contributed by atoms with Crippen LogP contribution in [0.4, 0.5) is 4.79 Å². The Bertz CT molecular complexity index is 1640. The molecule has 1 aliphatic carbocycles. The molecule has 1 aromatic heterocycles. The van der Waals surface area contributed by atoms with Crippen molar-refractivity contribution in [2.24, 2.45) is 7.05 Å². The predicted octanol–water partition coefficient (Wildman–Crippen LogP) is 6.38. The van der Waals surface area contributed by atoms with E-state index in [1.807, 2.05) is 79.8 Å². The van der Waals surface area contributed by atoms with Crippen LogP contribution in [0.25, 0.3) is 33.2 Å². The van der Waals surface area contributed by atoms with Gasteiger partial charge in [-0.3, -0.25) is 0 Å². The molecule has 0 radical (unpaired) electrons. The second-order valence-electron chi connectivity index (χ2n) is 9.93. The van der Waals surface area contributed by atoms with E-state index >= 15 is 0 Å². The zero-order valence-electron chi connectivity index (χ0n) is 21.5. The maximum atomic E-state index is 12.7. The summed E-state index contributed by atoms with van der Waals surface area (Å²) in [5, 5.41) is 13.5. The van der Waals surface area contributed by atoms with Crippen molar-refractivity contribution in [3.63, 3.8) is 0 Å².